The van der Waals surface area contributed by atoms with Crippen molar-refractivity contribution >= 4 is 38.9 Å². The summed E-state index contributed by atoms with van der Waals surface area (Å²) in [4.78, 5) is 1.16. The van der Waals surface area contributed by atoms with Crippen LogP contribution in [-0.2, 0) is 5.60 Å². The van der Waals surface area contributed by atoms with Gasteiger partial charge in [0.25, 0.3) is 0 Å². The van der Waals surface area contributed by atoms with E-state index < -0.39 is 5.60 Å². The van der Waals surface area contributed by atoms with Gasteiger partial charge in [-0.25, -0.2) is 0 Å². The van der Waals surface area contributed by atoms with E-state index in [0.29, 0.717) is 0 Å². The van der Waals surface area contributed by atoms with Crippen molar-refractivity contribution in [3.8, 4) is 0 Å². The van der Waals surface area contributed by atoms with Gasteiger partial charge in [-0.15, -0.1) is 11.3 Å². The van der Waals surface area contributed by atoms with Crippen molar-refractivity contribution in [3.05, 3.63) is 21.3 Å². The molecule has 1 N–H and O–H groups in total. The first-order chi connectivity index (χ1) is 6.63. The molecular weight excluding hydrogens is 284 g/mol. The van der Waals surface area contributed by atoms with Crippen LogP contribution in [0.2, 0.25) is 4.34 Å². The Balaban J connectivity index is 2.29. The first-order valence-electron chi connectivity index (χ1n) is 4.75. The lowest BCUT2D eigenvalue weighted by Gasteiger charge is -2.36. The molecule has 0 amide bonds. The number of hydrogen-bond acceptors (Lipinski definition) is 2. The zero-order valence-electron chi connectivity index (χ0n) is 7.67. The fourth-order valence-corrected chi connectivity index (χ4v) is 4.10. The number of aliphatic hydroxyl groups is 1. The molecule has 1 saturated carbocycles. The second kappa shape index (κ2) is 4.12. The molecule has 4 heteroatoms. The molecule has 2 rings (SSSR count). The quantitative estimate of drug-likeness (QED) is 0.778. The first-order valence-corrected chi connectivity index (χ1v) is 6.86. The molecule has 1 nitrogen and oxygen atoms in total. The summed E-state index contributed by atoms with van der Waals surface area (Å²) in [5.74, 6) is 0. The topological polar surface area (TPSA) is 20.2 Å². The van der Waals surface area contributed by atoms with E-state index in [4.69, 9.17) is 11.6 Å². The van der Waals surface area contributed by atoms with Gasteiger partial charge < -0.3 is 5.11 Å². The lowest BCUT2D eigenvalue weighted by Crippen LogP contribution is -2.37. The van der Waals surface area contributed by atoms with Crippen molar-refractivity contribution < 1.29 is 5.11 Å². The smallest absolute Gasteiger partial charge is 0.111 e. The molecule has 1 aliphatic rings. The molecule has 78 valence electrons. The molecule has 0 aliphatic heterocycles. The van der Waals surface area contributed by atoms with Crippen LogP contribution in [0.15, 0.2) is 12.1 Å². The highest BCUT2D eigenvalue weighted by molar-refractivity contribution is 9.09. The molecule has 1 aromatic rings. The van der Waals surface area contributed by atoms with Crippen LogP contribution >= 0.6 is 38.9 Å². The van der Waals surface area contributed by atoms with E-state index >= 15 is 0 Å². The Bertz CT molecular complexity index is 328. The second-order valence-electron chi connectivity index (χ2n) is 3.74. The standard InChI is InChI=1S/C10H12BrClOS/c11-7-3-1-2-6-10(7,13)8-4-5-9(12)14-8/h4-5,7,13H,1-3,6H2. The van der Waals surface area contributed by atoms with E-state index in [9.17, 15) is 5.11 Å². The Labute approximate surface area is 101 Å². The summed E-state index contributed by atoms with van der Waals surface area (Å²) in [6.45, 7) is 0. The lowest BCUT2D eigenvalue weighted by atomic mass is 9.84. The lowest BCUT2D eigenvalue weighted by molar-refractivity contribution is 0.0117. The minimum atomic E-state index is -0.698. The highest BCUT2D eigenvalue weighted by Crippen LogP contribution is 2.44. The van der Waals surface area contributed by atoms with Crippen molar-refractivity contribution in [2.24, 2.45) is 0 Å². The summed E-state index contributed by atoms with van der Waals surface area (Å²) < 4.78 is 0.749. The zero-order chi connectivity index (χ0) is 10.2. The Morgan fingerprint density at radius 3 is 2.86 bits per heavy atom. The van der Waals surface area contributed by atoms with E-state index in [0.717, 1.165) is 28.5 Å². The van der Waals surface area contributed by atoms with Crippen LogP contribution in [-0.4, -0.2) is 9.93 Å². The summed E-state index contributed by atoms with van der Waals surface area (Å²) in [6.07, 6.45) is 4.15. The van der Waals surface area contributed by atoms with Gasteiger partial charge in [-0.1, -0.05) is 40.4 Å². The van der Waals surface area contributed by atoms with Gasteiger partial charge in [0.1, 0.15) is 5.60 Å². The van der Waals surface area contributed by atoms with E-state index in [1.807, 2.05) is 12.1 Å². The monoisotopic (exact) mass is 294 g/mol. The molecule has 2 unspecified atom stereocenters. The van der Waals surface area contributed by atoms with Crippen molar-refractivity contribution in [3.63, 3.8) is 0 Å². The van der Waals surface area contributed by atoms with E-state index in [-0.39, 0.29) is 4.83 Å². The third-order valence-corrected chi connectivity index (χ3v) is 5.40. The predicted molar refractivity (Wildman–Crippen MR) is 64.4 cm³/mol. The fourth-order valence-electron chi connectivity index (χ4n) is 1.94. The number of alkyl halides is 1. The van der Waals surface area contributed by atoms with Gasteiger partial charge in [0.2, 0.25) is 0 Å². The zero-order valence-corrected chi connectivity index (χ0v) is 10.8. The van der Waals surface area contributed by atoms with Gasteiger partial charge in [-0.3, -0.25) is 0 Å². The summed E-state index contributed by atoms with van der Waals surface area (Å²) in [5.41, 5.74) is -0.698. The maximum Gasteiger partial charge on any atom is 0.111 e. The molecule has 0 saturated heterocycles. The van der Waals surface area contributed by atoms with Crippen LogP contribution in [0.5, 0.6) is 0 Å². The molecule has 0 spiro atoms. The van der Waals surface area contributed by atoms with Gasteiger partial charge in [-0.05, 0) is 25.0 Å². The third-order valence-electron chi connectivity index (χ3n) is 2.78. The van der Waals surface area contributed by atoms with Crippen LogP contribution in [0.1, 0.15) is 30.6 Å². The van der Waals surface area contributed by atoms with Gasteiger partial charge >= 0.3 is 0 Å². The molecule has 0 aromatic carbocycles. The fraction of sp³-hybridized carbons (Fsp3) is 0.600. The summed E-state index contributed by atoms with van der Waals surface area (Å²) >= 11 is 10.9. The number of rotatable bonds is 1. The van der Waals surface area contributed by atoms with Crippen molar-refractivity contribution in [2.75, 3.05) is 0 Å². The maximum absolute atomic E-state index is 10.5. The van der Waals surface area contributed by atoms with Crippen molar-refractivity contribution in [2.45, 2.75) is 36.1 Å². The highest BCUT2D eigenvalue weighted by atomic mass is 79.9. The molecule has 1 aromatic heterocycles. The molecule has 0 radical (unpaired) electrons. The normalized spacial score (nSPS) is 33.2. The molecule has 1 heterocycles. The van der Waals surface area contributed by atoms with Crippen molar-refractivity contribution in [1.82, 2.24) is 0 Å². The van der Waals surface area contributed by atoms with E-state index in [2.05, 4.69) is 15.9 Å². The van der Waals surface area contributed by atoms with Gasteiger partial charge in [-0.2, -0.15) is 0 Å². The summed E-state index contributed by atoms with van der Waals surface area (Å²) in [5, 5.41) is 10.5. The maximum atomic E-state index is 10.5. The molecule has 2 atom stereocenters. The Morgan fingerprint density at radius 1 is 1.50 bits per heavy atom. The minimum absolute atomic E-state index is 0.165. The van der Waals surface area contributed by atoms with Gasteiger partial charge in [0.05, 0.1) is 4.34 Å². The van der Waals surface area contributed by atoms with Gasteiger partial charge in [0, 0.05) is 9.70 Å². The molecule has 0 bridgehead atoms. The minimum Gasteiger partial charge on any atom is -0.383 e. The Hall–Kier alpha value is 0.430. The second-order valence-corrected chi connectivity index (χ2v) is 6.56. The average molecular weight is 296 g/mol. The average Bonchev–Trinajstić information content (AvgIpc) is 2.58. The SMILES string of the molecule is OC1(c2ccc(Cl)s2)CCCCC1Br. The molecule has 1 fully saturated rings. The summed E-state index contributed by atoms with van der Waals surface area (Å²) in [7, 11) is 0. The Kier molecular flexibility index (Phi) is 3.22. The largest absolute Gasteiger partial charge is 0.383 e. The molecule has 1 aliphatic carbocycles. The number of hydrogen-bond donors (Lipinski definition) is 1. The number of halogens is 2. The molecule has 14 heavy (non-hydrogen) atoms. The van der Waals surface area contributed by atoms with Crippen LogP contribution < -0.4 is 0 Å². The highest BCUT2D eigenvalue weighted by Gasteiger charge is 2.39. The van der Waals surface area contributed by atoms with E-state index in [1.54, 1.807) is 0 Å². The third kappa shape index (κ3) is 1.87. The molecular formula is C10H12BrClOS. The Morgan fingerprint density at radius 2 is 2.29 bits per heavy atom. The van der Waals surface area contributed by atoms with Crippen LogP contribution in [0.25, 0.3) is 0 Å². The first kappa shape index (κ1) is 10.9. The van der Waals surface area contributed by atoms with Crippen LogP contribution in [0, 0.1) is 0 Å². The van der Waals surface area contributed by atoms with Crippen molar-refractivity contribution in [1.29, 1.82) is 0 Å². The van der Waals surface area contributed by atoms with Crippen LogP contribution in [0.4, 0.5) is 0 Å². The summed E-state index contributed by atoms with van der Waals surface area (Å²) in [6, 6.07) is 3.79. The van der Waals surface area contributed by atoms with E-state index in [1.165, 1.54) is 17.8 Å². The van der Waals surface area contributed by atoms with Crippen LogP contribution in [0.3, 0.4) is 0 Å². The van der Waals surface area contributed by atoms with Gasteiger partial charge in [0.15, 0.2) is 0 Å². The number of thiophene rings is 1. The predicted octanol–water partition coefficient (Wildman–Crippen LogP) is 3.93.